The van der Waals surface area contributed by atoms with Crippen molar-refractivity contribution in [3.05, 3.63) is 65.2 Å². The second-order valence-corrected chi connectivity index (χ2v) is 6.82. The van der Waals surface area contributed by atoms with Gasteiger partial charge in [-0.2, -0.15) is 0 Å². The molecule has 0 aromatic heterocycles. The van der Waals surface area contributed by atoms with Gasteiger partial charge in [0.2, 0.25) is 5.91 Å². The van der Waals surface area contributed by atoms with Crippen molar-refractivity contribution in [1.82, 2.24) is 5.32 Å². The number of hydrogen-bond donors (Lipinski definition) is 1. The smallest absolute Gasteiger partial charge is 0.305 e. The zero-order valence-electron chi connectivity index (χ0n) is 16.7. The first-order valence-electron chi connectivity index (χ1n) is 9.70. The molecule has 5 nitrogen and oxygen atoms in total. The van der Waals surface area contributed by atoms with Gasteiger partial charge >= 0.3 is 5.97 Å². The van der Waals surface area contributed by atoms with Crippen LogP contribution in [0, 0.1) is 13.8 Å². The van der Waals surface area contributed by atoms with Gasteiger partial charge in [0, 0.05) is 12.8 Å². The molecule has 2 aromatic rings. The number of carbonyl (C=O) groups excluding carboxylic acids is 2. The molecule has 0 bridgehead atoms. The molecule has 0 spiro atoms. The molecule has 0 unspecified atom stereocenters. The number of esters is 1. The van der Waals surface area contributed by atoms with E-state index in [2.05, 4.69) is 5.32 Å². The quantitative estimate of drug-likeness (QED) is 0.474. The highest BCUT2D eigenvalue weighted by Gasteiger charge is 2.05. The molecule has 0 radical (unpaired) electrons. The van der Waals surface area contributed by atoms with E-state index in [0.717, 1.165) is 16.9 Å². The molecule has 0 aliphatic carbocycles. The zero-order valence-corrected chi connectivity index (χ0v) is 16.7. The lowest BCUT2D eigenvalue weighted by Crippen LogP contribution is -2.28. The van der Waals surface area contributed by atoms with Crippen LogP contribution < -0.4 is 10.1 Å². The highest BCUT2D eigenvalue weighted by Crippen LogP contribution is 2.12. The van der Waals surface area contributed by atoms with Gasteiger partial charge in [-0.3, -0.25) is 9.59 Å². The topological polar surface area (TPSA) is 64.6 Å². The van der Waals surface area contributed by atoms with Crippen LogP contribution in [0.15, 0.2) is 48.5 Å². The molecule has 0 aliphatic heterocycles. The van der Waals surface area contributed by atoms with Gasteiger partial charge in [-0.05, 0) is 49.9 Å². The van der Waals surface area contributed by atoms with Crippen molar-refractivity contribution < 1.29 is 19.1 Å². The van der Waals surface area contributed by atoms with E-state index in [0.29, 0.717) is 38.8 Å². The van der Waals surface area contributed by atoms with Gasteiger partial charge in [0.15, 0.2) is 0 Å². The van der Waals surface area contributed by atoms with Gasteiger partial charge in [0.1, 0.15) is 12.4 Å². The Balaban J connectivity index is 1.48. The molecule has 0 atom stereocenters. The Labute approximate surface area is 167 Å². The van der Waals surface area contributed by atoms with E-state index in [4.69, 9.17) is 9.47 Å². The molecule has 5 heteroatoms. The summed E-state index contributed by atoms with van der Waals surface area (Å²) in [5.74, 6) is 0.492. The summed E-state index contributed by atoms with van der Waals surface area (Å²) in [6, 6.07) is 15.9. The maximum atomic E-state index is 11.8. The monoisotopic (exact) mass is 383 g/mol. The minimum Gasteiger partial charge on any atom is -0.494 e. The molecule has 2 rings (SSSR count). The van der Waals surface area contributed by atoms with Crippen LogP contribution in [0.5, 0.6) is 5.75 Å². The van der Waals surface area contributed by atoms with Crippen molar-refractivity contribution in [3.63, 3.8) is 0 Å². The second-order valence-electron chi connectivity index (χ2n) is 6.82. The number of nitrogens with one attached hydrogen (secondary N) is 1. The largest absolute Gasteiger partial charge is 0.494 e. The summed E-state index contributed by atoms with van der Waals surface area (Å²) in [4.78, 5) is 23.5. The Bertz CT molecular complexity index is 755. The molecular formula is C23H29NO4. The average Bonchev–Trinajstić information content (AvgIpc) is 2.68. The van der Waals surface area contributed by atoms with Crippen LogP contribution in [0.25, 0.3) is 0 Å². The highest BCUT2D eigenvalue weighted by molar-refractivity contribution is 5.76. The van der Waals surface area contributed by atoms with Gasteiger partial charge < -0.3 is 14.8 Å². The molecule has 1 amide bonds. The lowest BCUT2D eigenvalue weighted by molar-refractivity contribution is -0.144. The summed E-state index contributed by atoms with van der Waals surface area (Å²) in [6.45, 7) is 5.03. The fourth-order valence-corrected chi connectivity index (χ4v) is 2.64. The molecule has 150 valence electrons. The van der Waals surface area contributed by atoms with E-state index in [1.54, 1.807) is 0 Å². The maximum Gasteiger partial charge on any atom is 0.305 e. The van der Waals surface area contributed by atoms with Crippen LogP contribution in [0.3, 0.4) is 0 Å². The second kappa shape index (κ2) is 11.8. The predicted octanol–water partition coefficient (Wildman–Crippen LogP) is 3.75. The SMILES string of the molecule is Cc1ccc(CCC(=O)NCCOC(=O)CCCOc2cccc(C)c2)cc1. The first-order valence-corrected chi connectivity index (χ1v) is 9.70. The van der Waals surface area contributed by atoms with Crippen LogP contribution in [-0.4, -0.2) is 31.6 Å². The highest BCUT2D eigenvalue weighted by atomic mass is 16.5. The molecule has 0 saturated carbocycles. The number of ether oxygens (including phenoxy) is 2. The summed E-state index contributed by atoms with van der Waals surface area (Å²) in [5.41, 5.74) is 3.48. The third-order valence-corrected chi connectivity index (χ3v) is 4.23. The number of benzene rings is 2. The van der Waals surface area contributed by atoms with Gasteiger partial charge in [-0.1, -0.05) is 42.0 Å². The number of rotatable bonds is 11. The minimum absolute atomic E-state index is 0.0387. The fourth-order valence-electron chi connectivity index (χ4n) is 2.64. The van der Waals surface area contributed by atoms with E-state index in [1.165, 1.54) is 5.56 Å². The van der Waals surface area contributed by atoms with E-state index < -0.39 is 0 Å². The Morgan fingerprint density at radius 3 is 2.46 bits per heavy atom. The molecule has 0 fully saturated rings. The maximum absolute atomic E-state index is 11.8. The Morgan fingerprint density at radius 2 is 1.71 bits per heavy atom. The van der Waals surface area contributed by atoms with Crippen molar-refractivity contribution in [3.8, 4) is 5.75 Å². The Morgan fingerprint density at radius 1 is 0.929 bits per heavy atom. The molecule has 2 aromatic carbocycles. The Kier molecular flexibility index (Phi) is 9.05. The minimum atomic E-state index is -0.276. The fraction of sp³-hybridized carbons (Fsp3) is 0.391. The number of amides is 1. The molecule has 1 N–H and O–H groups in total. The van der Waals surface area contributed by atoms with Gasteiger partial charge in [0.05, 0.1) is 13.2 Å². The van der Waals surface area contributed by atoms with Crippen molar-refractivity contribution in [1.29, 1.82) is 0 Å². The van der Waals surface area contributed by atoms with Crippen molar-refractivity contribution in [2.24, 2.45) is 0 Å². The van der Waals surface area contributed by atoms with Crippen molar-refractivity contribution in [2.45, 2.75) is 39.5 Å². The molecule has 0 aliphatic rings. The van der Waals surface area contributed by atoms with Gasteiger partial charge in [0.25, 0.3) is 0 Å². The van der Waals surface area contributed by atoms with Crippen LogP contribution in [-0.2, 0) is 20.7 Å². The summed E-state index contributed by atoms with van der Waals surface area (Å²) in [6.07, 6.45) is 2.02. The average molecular weight is 383 g/mol. The molecule has 0 saturated heterocycles. The van der Waals surface area contributed by atoms with Gasteiger partial charge in [-0.25, -0.2) is 0 Å². The summed E-state index contributed by atoms with van der Waals surface area (Å²) < 4.78 is 10.7. The number of aryl methyl sites for hydroxylation is 3. The lowest BCUT2D eigenvalue weighted by Gasteiger charge is -2.08. The van der Waals surface area contributed by atoms with Crippen molar-refractivity contribution >= 4 is 11.9 Å². The number of carbonyl (C=O) groups is 2. The third kappa shape index (κ3) is 8.71. The van der Waals surface area contributed by atoms with Crippen molar-refractivity contribution in [2.75, 3.05) is 19.8 Å². The van der Waals surface area contributed by atoms with E-state index in [1.807, 2.05) is 62.4 Å². The number of hydrogen-bond acceptors (Lipinski definition) is 4. The van der Waals surface area contributed by atoms with Crippen LogP contribution in [0.4, 0.5) is 0 Å². The van der Waals surface area contributed by atoms with Crippen LogP contribution in [0.1, 0.15) is 36.0 Å². The Hall–Kier alpha value is -2.82. The lowest BCUT2D eigenvalue weighted by atomic mass is 10.1. The first-order chi connectivity index (χ1) is 13.5. The predicted molar refractivity (Wildman–Crippen MR) is 109 cm³/mol. The molecular weight excluding hydrogens is 354 g/mol. The molecule has 0 heterocycles. The normalized spacial score (nSPS) is 10.4. The third-order valence-electron chi connectivity index (χ3n) is 4.23. The standard InChI is InChI=1S/C23H29NO4/c1-18-8-10-20(11-9-18)12-13-22(25)24-14-16-28-23(26)7-4-15-27-21-6-3-5-19(2)17-21/h3,5-6,8-11,17H,4,7,12-16H2,1-2H3,(H,24,25). The molecule has 28 heavy (non-hydrogen) atoms. The van der Waals surface area contributed by atoms with E-state index >= 15 is 0 Å². The summed E-state index contributed by atoms with van der Waals surface area (Å²) in [5, 5.41) is 2.77. The zero-order chi connectivity index (χ0) is 20.2. The first kappa shape index (κ1) is 21.5. The van der Waals surface area contributed by atoms with E-state index in [-0.39, 0.29) is 18.5 Å². The summed E-state index contributed by atoms with van der Waals surface area (Å²) in [7, 11) is 0. The van der Waals surface area contributed by atoms with E-state index in [9.17, 15) is 9.59 Å². The van der Waals surface area contributed by atoms with Crippen LogP contribution >= 0.6 is 0 Å². The van der Waals surface area contributed by atoms with Crippen LogP contribution in [0.2, 0.25) is 0 Å². The van der Waals surface area contributed by atoms with Gasteiger partial charge in [-0.15, -0.1) is 0 Å². The summed E-state index contributed by atoms with van der Waals surface area (Å²) >= 11 is 0.